The molecule has 0 aliphatic rings. The third kappa shape index (κ3) is 9.16. The zero-order valence-electron chi connectivity index (χ0n) is 19.2. The van der Waals surface area contributed by atoms with Gasteiger partial charge in [0.15, 0.2) is 0 Å². The molecule has 0 saturated carbocycles. The third-order valence-corrected chi connectivity index (χ3v) is 5.31. The van der Waals surface area contributed by atoms with Gasteiger partial charge in [-0.15, -0.1) is 0 Å². The largest absolute Gasteiger partial charge is 0.480 e. The lowest BCUT2D eigenvalue weighted by Crippen LogP contribution is -2.59. The molecule has 12 nitrogen and oxygen atoms in total. The van der Waals surface area contributed by atoms with Crippen molar-refractivity contribution in [1.29, 1.82) is 0 Å². The average Bonchev–Trinajstić information content (AvgIpc) is 2.80. The molecular formula is C22H33N5O7. The summed E-state index contributed by atoms with van der Waals surface area (Å²) in [5, 5.41) is 25.1. The van der Waals surface area contributed by atoms with Crippen LogP contribution < -0.4 is 27.4 Å². The molecule has 1 aromatic rings. The predicted molar refractivity (Wildman–Crippen MR) is 122 cm³/mol. The van der Waals surface area contributed by atoms with Gasteiger partial charge < -0.3 is 37.6 Å². The first-order chi connectivity index (χ1) is 16.0. The van der Waals surface area contributed by atoms with E-state index in [0.717, 1.165) is 0 Å². The summed E-state index contributed by atoms with van der Waals surface area (Å²) in [5.41, 5.74) is 11.9. The van der Waals surface area contributed by atoms with Gasteiger partial charge in [-0.25, -0.2) is 4.79 Å². The molecule has 0 aromatic heterocycles. The van der Waals surface area contributed by atoms with Gasteiger partial charge in [0.25, 0.3) is 0 Å². The first-order valence-electron chi connectivity index (χ1n) is 10.8. The van der Waals surface area contributed by atoms with E-state index in [1.165, 1.54) is 0 Å². The van der Waals surface area contributed by atoms with E-state index in [1.807, 2.05) is 12.2 Å². The number of carbonyl (C=O) groups is 5. The Morgan fingerprint density at radius 2 is 1.44 bits per heavy atom. The zero-order valence-corrected chi connectivity index (χ0v) is 19.2. The summed E-state index contributed by atoms with van der Waals surface area (Å²) in [6.45, 7) is 2.76. The Morgan fingerprint density at radius 1 is 0.912 bits per heavy atom. The minimum atomic E-state index is -1.65. The van der Waals surface area contributed by atoms with Crippen molar-refractivity contribution in [3.8, 4) is 0 Å². The van der Waals surface area contributed by atoms with Gasteiger partial charge in [0.05, 0.1) is 19.1 Å². The van der Waals surface area contributed by atoms with Crippen LogP contribution in [0.15, 0.2) is 30.3 Å². The molecule has 1 aromatic carbocycles. The number of aliphatic hydroxyl groups is 1. The van der Waals surface area contributed by atoms with Crippen molar-refractivity contribution in [3.05, 3.63) is 35.9 Å². The molecule has 9 N–H and O–H groups in total. The SMILES string of the molecule is CCC(C)C(N)C(=O)NC(Cc1ccccc1)C(=O)NC(CC(N)=O)C(=O)NC(CO)C(=O)O. The second-order valence-electron chi connectivity index (χ2n) is 7.98. The lowest BCUT2D eigenvalue weighted by atomic mass is 9.98. The van der Waals surface area contributed by atoms with Gasteiger partial charge in [-0.05, 0) is 11.5 Å². The average molecular weight is 480 g/mol. The Hall–Kier alpha value is -3.51. The minimum Gasteiger partial charge on any atom is -0.480 e. The topological polar surface area (TPSA) is 214 Å². The van der Waals surface area contributed by atoms with Crippen LogP contribution >= 0.6 is 0 Å². The molecule has 12 heteroatoms. The minimum absolute atomic E-state index is 0.0605. The highest BCUT2D eigenvalue weighted by Gasteiger charge is 2.31. The Kier molecular flexibility index (Phi) is 11.7. The molecule has 1 rings (SSSR count). The van der Waals surface area contributed by atoms with Crippen LogP contribution in [-0.4, -0.2) is 70.6 Å². The molecule has 0 saturated heterocycles. The van der Waals surface area contributed by atoms with Crippen LogP contribution in [0.3, 0.4) is 0 Å². The van der Waals surface area contributed by atoms with Crippen molar-refractivity contribution in [2.45, 2.75) is 57.3 Å². The van der Waals surface area contributed by atoms with Crippen molar-refractivity contribution in [2.24, 2.45) is 17.4 Å². The van der Waals surface area contributed by atoms with Crippen molar-refractivity contribution < 1.29 is 34.2 Å². The fourth-order valence-electron chi connectivity index (χ4n) is 2.98. The fourth-order valence-corrected chi connectivity index (χ4v) is 2.98. The van der Waals surface area contributed by atoms with Crippen LogP contribution in [0, 0.1) is 5.92 Å². The van der Waals surface area contributed by atoms with Crippen LogP contribution in [-0.2, 0) is 30.4 Å². The highest BCUT2D eigenvalue weighted by molar-refractivity contribution is 5.96. The number of hydrogen-bond acceptors (Lipinski definition) is 7. The van der Waals surface area contributed by atoms with Gasteiger partial charge in [-0.2, -0.15) is 0 Å². The molecule has 0 fully saturated rings. The number of primary amides is 1. The van der Waals surface area contributed by atoms with E-state index in [1.54, 1.807) is 37.3 Å². The summed E-state index contributed by atoms with van der Waals surface area (Å²) < 4.78 is 0. The number of amides is 4. The van der Waals surface area contributed by atoms with Gasteiger partial charge in [0, 0.05) is 6.42 Å². The molecule has 34 heavy (non-hydrogen) atoms. The normalized spacial score (nSPS) is 15.2. The monoisotopic (exact) mass is 479 g/mol. The van der Waals surface area contributed by atoms with Crippen LogP contribution in [0.2, 0.25) is 0 Å². The number of carboxylic acids is 1. The van der Waals surface area contributed by atoms with E-state index in [4.69, 9.17) is 21.7 Å². The number of aliphatic carboxylic acids is 1. The number of nitrogens with one attached hydrogen (secondary N) is 3. The van der Waals surface area contributed by atoms with E-state index in [0.29, 0.717) is 12.0 Å². The molecule has 188 valence electrons. The van der Waals surface area contributed by atoms with Crippen LogP contribution in [0.25, 0.3) is 0 Å². The number of hydrogen-bond donors (Lipinski definition) is 7. The molecule has 0 aliphatic carbocycles. The lowest BCUT2D eigenvalue weighted by Gasteiger charge is -2.25. The molecule has 5 unspecified atom stereocenters. The van der Waals surface area contributed by atoms with E-state index in [9.17, 15) is 24.0 Å². The van der Waals surface area contributed by atoms with E-state index in [-0.39, 0.29) is 12.3 Å². The molecule has 0 radical (unpaired) electrons. The standard InChI is InChI=1S/C22H33N5O7/c1-3-12(2)18(24)21(32)26-14(9-13-7-5-4-6-8-13)19(30)25-15(10-17(23)29)20(31)27-16(11-28)22(33)34/h4-8,12,14-16,18,28H,3,9-11,24H2,1-2H3,(H2,23,29)(H,25,30)(H,26,32)(H,27,31)(H,33,34). The van der Waals surface area contributed by atoms with E-state index < -0.39 is 66.8 Å². The molecule has 0 heterocycles. The number of nitrogens with two attached hydrogens (primary N) is 2. The number of aliphatic hydroxyl groups excluding tert-OH is 1. The Morgan fingerprint density at radius 3 is 1.94 bits per heavy atom. The number of carbonyl (C=O) groups excluding carboxylic acids is 4. The zero-order chi connectivity index (χ0) is 25.8. The Bertz CT molecular complexity index is 864. The molecule has 5 atom stereocenters. The maximum Gasteiger partial charge on any atom is 0.328 e. The highest BCUT2D eigenvalue weighted by Crippen LogP contribution is 2.08. The Balaban J connectivity index is 3.10. The summed E-state index contributed by atoms with van der Waals surface area (Å²) in [6, 6.07) is 3.57. The molecule has 0 spiro atoms. The second-order valence-corrected chi connectivity index (χ2v) is 7.98. The number of rotatable bonds is 14. The van der Waals surface area contributed by atoms with E-state index >= 15 is 0 Å². The van der Waals surface area contributed by atoms with Gasteiger partial charge in [-0.1, -0.05) is 50.6 Å². The molecule has 4 amide bonds. The maximum absolute atomic E-state index is 13.1. The van der Waals surface area contributed by atoms with Crippen LogP contribution in [0.1, 0.15) is 32.3 Å². The number of benzene rings is 1. The first-order valence-corrected chi connectivity index (χ1v) is 10.8. The predicted octanol–water partition coefficient (Wildman–Crippen LogP) is -1.99. The summed E-state index contributed by atoms with van der Waals surface area (Å²) in [4.78, 5) is 60.8. The van der Waals surface area contributed by atoms with Gasteiger partial charge in [-0.3, -0.25) is 19.2 Å². The quantitative estimate of drug-likeness (QED) is 0.158. The Labute approximate surface area is 197 Å². The summed E-state index contributed by atoms with van der Waals surface area (Å²) >= 11 is 0. The summed E-state index contributed by atoms with van der Waals surface area (Å²) in [7, 11) is 0. The summed E-state index contributed by atoms with van der Waals surface area (Å²) in [5.74, 6) is -4.99. The van der Waals surface area contributed by atoms with Crippen molar-refractivity contribution >= 4 is 29.6 Å². The van der Waals surface area contributed by atoms with Crippen LogP contribution in [0.4, 0.5) is 0 Å². The third-order valence-electron chi connectivity index (χ3n) is 5.31. The number of carboxylic acid groups (broad SMARTS) is 1. The molecule has 0 aliphatic heterocycles. The van der Waals surface area contributed by atoms with Gasteiger partial charge in [0.1, 0.15) is 18.1 Å². The lowest BCUT2D eigenvalue weighted by molar-refractivity contribution is -0.143. The van der Waals surface area contributed by atoms with Gasteiger partial charge >= 0.3 is 5.97 Å². The first kappa shape index (κ1) is 28.5. The van der Waals surface area contributed by atoms with Crippen LogP contribution in [0.5, 0.6) is 0 Å². The van der Waals surface area contributed by atoms with Crippen molar-refractivity contribution in [2.75, 3.05) is 6.61 Å². The molecule has 0 bridgehead atoms. The van der Waals surface area contributed by atoms with E-state index in [2.05, 4.69) is 10.6 Å². The van der Waals surface area contributed by atoms with Crippen molar-refractivity contribution in [3.63, 3.8) is 0 Å². The van der Waals surface area contributed by atoms with Gasteiger partial charge in [0.2, 0.25) is 23.6 Å². The van der Waals surface area contributed by atoms with Crippen molar-refractivity contribution in [1.82, 2.24) is 16.0 Å². The fraction of sp³-hybridized carbons (Fsp3) is 0.500. The smallest absolute Gasteiger partial charge is 0.328 e. The highest BCUT2D eigenvalue weighted by atomic mass is 16.4. The summed E-state index contributed by atoms with van der Waals surface area (Å²) in [6.07, 6.45) is 0.0687. The second kappa shape index (κ2) is 13.9. The molecular weight excluding hydrogens is 446 g/mol. The maximum atomic E-state index is 13.1.